The molecule has 0 aromatic rings. The van der Waals surface area contributed by atoms with Crippen molar-refractivity contribution >= 4 is 11.9 Å². The summed E-state index contributed by atoms with van der Waals surface area (Å²) in [5.74, 6) is -1.13. The van der Waals surface area contributed by atoms with Crippen molar-refractivity contribution in [1.29, 1.82) is 0 Å². The lowest BCUT2D eigenvalue weighted by molar-refractivity contribution is -0.156. The fourth-order valence-electron chi connectivity index (χ4n) is 2.32. The minimum Gasteiger partial charge on any atom is -0.480 e. The van der Waals surface area contributed by atoms with Crippen molar-refractivity contribution < 1.29 is 19.4 Å². The molecule has 18 heavy (non-hydrogen) atoms. The molecule has 2 N–H and O–H groups in total. The standard InChI is InChI=1S/C12H22N2O4/c1-9(10(15)16)14(2)11(17)12(8-18-3)4-6-13-7-5-12/h9,13H,4-8H2,1-3H3,(H,15,16). The number of methoxy groups -OCH3 is 1. The second-order valence-electron chi connectivity index (χ2n) is 4.89. The number of carbonyl (C=O) groups is 2. The fraction of sp³-hybridized carbons (Fsp3) is 0.833. The van der Waals surface area contributed by atoms with Crippen molar-refractivity contribution in [1.82, 2.24) is 10.2 Å². The van der Waals surface area contributed by atoms with Crippen LogP contribution in [0.2, 0.25) is 0 Å². The number of hydrogen-bond acceptors (Lipinski definition) is 4. The smallest absolute Gasteiger partial charge is 0.326 e. The van der Waals surface area contributed by atoms with Crippen LogP contribution < -0.4 is 5.32 Å². The van der Waals surface area contributed by atoms with Crippen LogP contribution in [0, 0.1) is 5.41 Å². The summed E-state index contributed by atoms with van der Waals surface area (Å²) in [4.78, 5) is 24.8. The third kappa shape index (κ3) is 3.00. The van der Waals surface area contributed by atoms with Gasteiger partial charge in [-0.2, -0.15) is 0 Å². The summed E-state index contributed by atoms with van der Waals surface area (Å²) >= 11 is 0. The zero-order chi connectivity index (χ0) is 13.8. The van der Waals surface area contributed by atoms with Crippen LogP contribution in [0.3, 0.4) is 0 Å². The summed E-state index contributed by atoms with van der Waals surface area (Å²) in [6.07, 6.45) is 1.35. The summed E-state index contributed by atoms with van der Waals surface area (Å²) in [7, 11) is 3.11. The molecule has 1 aliphatic rings. The van der Waals surface area contributed by atoms with Gasteiger partial charge >= 0.3 is 5.97 Å². The van der Waals surface area contributed by atoms with Crippen LogP contribution in [0.1, 0.15) is 19.8 Å². The van der Waals surface area contributed by atoms with Gasteiger partial charge in [0.15, 0.2) is 0 Å². The van der Waals surface area contributed by atoms with Gasteiger partial charge in [0, 0.05) is 14.2 Å². The molecule has 0 spiro atoms. The average Bonchev–Trinajstić information content (AvgIpc) is 2.37. The third-order valence-electron chi connectivity index (χ3n) is 3.69. The normalized spacial score (nSPS) is 20.2. The number of rotatable bonds is 5. The Kier molecular flexibility index (Phi) is 5.10. The summed E-state index contributed by atoms with van der Waals surface area (Å²) in [5, 5.41) is 12.2. The lowest BCUT2D eigenvalue weighted by atomic mass is 9.78. The number of nitrogens with zero attached hydrogens (tertiary/aromatic N) is 1. The number of ether oxygens (including phenoxy) is 1. The topological polar surface area (TPSA) is 78.9 Å². The highest BCUT2D eigenvalue weighted by Crippen LogP contribution is 2.31. The monoisotopic (exact) mass is 258 g/mol. The van der Waals surface area contributed by atoms with E-state index in [1.165, 1.54) is 11.8 Å². The molecule has 0 aromatic carbocycles. The maximum absolute atomic E-state index is 12.5. The van der Waals surface area contributed by atoms with E-state index >= 15 is 0 Å². The molecule has 1 atom stereocenters. The lowest BCUT2D eigenvalue weighted by Gasteiger charge is -2.39. The molecule has 1 fully saturated rings. The van der Waals surface area contributed by atoms with Gasteiger partial charge in [-0.15, -0.1) is 0 Å². The second-order valence-corrected chi connectivity index (χ2v) is 4.89. The van der Waals surface area contributed by atoms with Gasteiger partial charge in [0.05, 0.1) is 12.0 Å². The number of carbonyl (C=O) groups excluding carboxylic acids is 1. The van der Waals surface area contributed by atoms with Gasteiger partial charge in [-0.05, 0) is 32.9 Å². The van der Waals surface area contributed by atoms with E-state index in [-0.39, 0.29) is 5.91 Å². The summed E-state index contributed by atoms with van der Waals surface area (Å²) in [5.41, 5.74) is -0.585. The van der Waals surface area contributed by atoms with Crippen molar-refractivity contribution in [2.45, 2.75) is 25.8 Å². The lowest BCUT2D eigenvalue weighted by Crippen LogP contribution is -2.53. The molecule has 1 rings (SSSR count). The SMILES string of the molecule is COCC1(C(=O)N(C)C(C)C(=O)O)CCNCC1. The number of likely N-dealkylation sites (N-methyl/N-ethyl adjacent to an activating group) is 1. The maximum Gasteiger partial charge on any atom is 0.326 e. The molecular formula is C12H22N2O4. The largest absolute Gasteiger partial charge is 0.480 e. The minimum absolute atomic E-state index is 0.138. The third-order valence-corrected chi connectivity index (χ3v) is 3.69. The Labute approximate surface area is 107 Å². The molecule has 104 valence electrons. The molecule has 1 heterocycles. The molecular weight excluding hydrogens is 236 g/mol. The van der Waals surface area contributed by atoms with E-state index in [1.54, 1.807) is 14.2 Å². The predicted octanol–water partition coefficient (Wildman–Crippen LogP) is -0.0659. The molecule has 1 unspecified atom stereocenters. The molecule has 0 aliphatic carbocycles. The first-order chi connectivity index (χ1) is 8.44. The van der Waals surface area contributed by atoms with E-state index in [4.69, 9.17) is 9.84 Å². The van der Waals surface area contributed by atoms with E-state index in [2.05, 4.69) is 5.32 Å². The van der Waals surface area contributed by atoms with Gasteiger partial charge in [-0.3, -0.25) is 4.79 Å². The Morgan fingerprint density at radius 2 is 2.00 bits per heavy atom. The summed E-state index contributed by atoms with van der Waals surface area (Å²) in [6.45, 7) is 3.36. The predicted molar refractivity (Wildman–Crippen MR) is 66.3 cm³/mol. The molecule has 6 heteroatoms. The van der Waals surface area contributed by atoms with Crippen molar-refractivity contribution in [3.8, 4) is 0 Å². The molecule has 0 saturated carbocycles. The maximum atomic E-state index is 12.5. The van der Waals surface area contributed by atoms with Crippen LogP contribution >= 0.6 is 0 Å². The van der Waals surface area contributed by atoms with Crippen LogP contribution in [-0.4, -0.2) is 61.8 Å². The number of nitrogens with one attached hydrogen (secondary N) is 1. The highest BCUT2D eigenvalue weighted by Gasteiger charge is 2.43. The number of carboxylic acid groups (broad SMARTS) is 1. The van der Waals surface area contributed by atoms with Crippen LogP contribution in [0.4, 0.5) is 0 Å². The van der Waals surface area contributed by atoms with E-state index < -0.39 is 17.4 Å². The Morgan fingerprint density at radius 1 is 1.44 bits per heavy atom. The molecule has 0 aromatic heterocycles. The fourth-order valence-corrected chi connectivity index (χ4v) is 2.32. The first-order valence-corrected chi connectivity index (χ1v) is 6.14. The highest BCUT2D eigenvalue weighted by molar-refractivity contribution is 5.87. The van der Waals surface area contributed by atoms with E-state index in [9.17, 15) is 9.59 Å². The van der Waals surface area contributed by atoms with Crippen LogP contribution in [0.25, 0.3) is 0 Å². The first-order valence-electron chi connectivity index (χ1n) is 6.14. The first kappa shape index (κ1) is 14.9. The Balaban J connectivity index is 2.85. The van der Waals surface area contributed by atoms with Crippen molar-refractivity contribution in [3.05, 3.63) is 0 Å². The van der Waals surface area contributed by atoms with Gasteiger partial charge in [-0.25, -0.2) is 4.79 Å². The highest BCUT2D eigenvalue weighted by atomic mass is 16.5. The quantitative estimate of drug-likeness (QED) is 0.722. The zero-order valence-corrected chi connectivity index (χ0v) is 11.2. The summed E-state index contributed by atoms with van der Waals surface area (Å²) in [6, 6.07) is -0.818. The van der Waals surface area contributed by atoms with Crippen LogP contribution in [-0.2, 0) is 14.3 Å². The number of aliphatic carboxylic acids is 1. The zero-order valence-electron chi connectivity index (χ0n) is 11.2. The van der Waals surface area contributed by atoms with Crippen LogP contribution in [0.15, 0.2) is 0 Å². The molecule has 1 aliphatic heterocycles. The minimum atomic E-state index is -0.993. The molecule has 1 amide bonds. The molecule has 1 saturated heterocycles. The molecule has 6 nitrogen and oxygen atoms in total. The number of hydrogen-bond donors (Lipinski definition) is 2. The number of amides is 1. The second kappa shape index (κ2) is 6.15. The Hall–Kier alpha value is -1.14. The van der Waals surface area contributed by atoms with E-state index in [1.807, 2.05) is 0 Å². The summed E-state index contributed by atoms with van der Waals surface area (Å²) < 4.78 is 5.17. The molecule has 0 bridgehead atoms. The average molecular weight is 258 g/mol. The number of piperidine rings is 1. The van der Waals surface area contributed by atoms with Crippen molar-refractivity contribution in [3.63, 3.8) is 0 Å². The van der Waals surface area contributed by atoms with Gasteiger partial charge < -0.3 is 20.1 Å². The van der Waals surface area contributed by atoms with Gasteiger partial charge in [-0.1, -0.05) is 0 Å². The Morgan fingerprint density at radius 3 is 2.44 bits per heavy atom. The van der Waals surface area contributed by atoms with E-state index in [0.717, 1.165) is 13.1 Å². The van der Waals surface area contributed by atoms with Gasteiger partial charge in [0.1, 0.15) is 6.04 Å². The van der Waals surface area contributed by atoms with E-state index in [0.29, 0.717) is 19.4 Å². The number of carboxylic acids is 1. The van der Waals surface area contributed by atoms with Crippen molar-refractivity contribution in [2.24, 2.45) is 5.41 Å². The van der Waals surface area contributed by atoms with Gasteiger partial charge in [0.2, 0.25) is 5.91 Å². The van der Waals surface area contributed by atoms with Crippen molar-refractivity contribution in [2.75, 3.05) is 33.9 Å². The Bertz CT molecular complexity index is 308. The van der Waals surface area contributed by atoms with Gasteiger partial charge in [0.25, 0.3) is 0 Å². The van der Waals surface area contributed by atoms with Crippen LogP contribution in [0.5, 0.6) is 0 Å². The molecule has 0 radical (unpaired) electrons.